The average Bonchev–Trinajstić information content (AvgIpc) is 3.14. The van der Waals surface area contributed by atoms with Crippen LogP contribution in [-0.2, 0) is 6.61 Å². The predicted octanol–water partition coefficient (Wildman–Crippen LogP) is 4.66. The summed E-state index contributed by atoms with van der Waals surface area (Å²) in [7, 11) is 1.66. The van der Waals surface area contributed by atoms with Gasteiger partial charge in [-0.3, -0.25) is 0 Å². The van der Waals surface area contributed by atoms with E-state index >= 15 is 0 Å². The first kappa shape index (κ1) is 19.5. The maximum atomic E-state index is 6.14. The van der Waals surface area contributed by atoms with Crippen LogP contribution in [-0.4, -0.2) is 33.4 Å². The molecule has 150 valence electrons. The van der Waals surface area contributed by atoms with Gasteiger partial charge in [-0.25, -0.2) is 0 Å². The minimum atomic E-state index is 0.316. The van der Waals surface area contributed by atoms with E-state index in [0.29, 0.717) is 18.3 Å². The Morgan fingerprint density at radius 3 is 2.62 bits per heavy atom. The maximum absolute atomic E-state index is 6.14. The number of hydrogen-bond acceptors (Lipinski definition) is 6. The van der Waals surface area contributed by atoms with Crippen LogP contribution >= 0.6 is 11.8 Å². The Morgan fingerprint density at radius 2 is 1.90 bits per heavy atom. The van der Waals surface area contributed by atoms with E-state index in [4.69, 9.17) is 14.6 Å². The molecule has 0 radical (unpaired) electrons. The molecule has 0 unspecified atom stereocenters. The fourth-order valence-electron chi connectivity index (χ4n) is 3.17. The Hall–Kier alpha value is -2.80. The van der Waals surface area contributed by atoms with Gasteiger partial charge in [-0.05, 0) is 59.9 Å². The summed E-state index contributed by atoms with van der Waals surface area (Å²) in [5.74, 6) is 3.54. The van der Waals surface area contributed by atoms with Gasteiger partial charge in [-0.15, -0.1) is 10.2 Å². The monoisotopic (exact) mass is 408 g/mol. The molecule has 2 heterocycles. The van der Waals surface area contributed by atoms with Crippen molar-refractivity contribution in [2.45, 2.75) is 38.5 Å². The largest absolute Gasteiger partial charge is 0.497 e. The molecule has 0 saturated heterocycles. The summed E-state index contributed by atoms with van der Waals surface area (Å²) in [6.45, 7) is 6.71. The highest BCUT2D eigenvalue weighted by Crippen LogP contribution is 2.29. The number of nitrogens with zero attached hydrogens (tertiary/aromatic N) is 4. The van der Waals surface area contributed by atoms with Gasteiger partial charge < -0.3 is 9.47 Å². The molecule has 7 heteroatoms. The van der Waals surface area contributed by atoms with E-state index in [1.807, 2.05) is 24.3 Å². The van der Waals surface area contributed by atoms with Crippen LogP contribution in [0.2, 0.25) is 0 Å². The number of aryl methyl sites for hydroxylation is 1. The van der Waals surface area contributed by atoms with Crippen molar-refractivity contribution in [1.82, 2.24) is 14.9 Å². The van der Waals surface area contributed by atoms with Gasteiger partial charge in [0, 0.05) is 5.75 Å². The first-order valence-corrected chi connectivity index (χ1v) is 10.6. The second kappa shape index (κ2) is 8.29. The van der Waals surface area contributed by atoms with E-state index < -0.39 is 0 Å². The maximum Gasteiger partial charge on any atom is 0.212 e. The molecular weight excluding hydrogens is 384 g/mol. The number of thioether (sulfide) groups is 1. The minimum Gasteiger partial charge on any atom is -0.497 e. The Balaban J connectivity index is 1.58. The molecule has 0 atom stereocenters. The molecule has 0 aliphatic carbocycles. The van der Waals surface area contributed by atoms with Crippen LogP contribution in [0.15, 0.2) is 52.7 Å². The predicted molar refractivity (Wildman–Crippen MR) is 115 cm³/mol. The van der Waals surface area contributed by atoms with Crippen LogP contribution in [0.25, 0.3) is 0 Å². The van der Waals surface area contributed by atoms with E-state index in [2.05, 4.69) is 49.2 Å². The van der Waals surface area contributed by atoms with Crippen molar-refractivity contribution in [3.63, 3.8) is 0 Å². The second-order valence-electron chi connectivity index (χ2n) is 7.26. The molecule has 4 rings (SSSR count). The number of fused-ring (bicyclic) bond motifs is 1. The Labute approximate surface area is 175 Å². The highest BCUT2D eigenvalue weighted by Gasteiger charge is 2.20. The number of ether oxygens (including phenoxy) is 2. The van der Waals surface area contributed by atoms with Crippen molar-refractivity contribution in [2.24, 2.45) is 5.10 Å². The Bertz CT molecular complexity index is 1040. The van der Waals surface area contributed by atoms with Gasteiger partial charge in [0.05, 0.1) is 12.8 Å². The molecule has 29 heavy (non-hydrogen) atoms. The van der Waals surface area contributed by atoms with Gasteiger partial charge in [0.15, 0.2) is 5.82 Å². The number of rotatable bonds is 6. The van der Waals surface area contributed by atoms with Crippen LogP contribution in [0.4, 0.5) is 0 Å². The number of methoxy groups -OCH3 is 1. The zero-order valence-electron chi connectivity index (χ0n) is 17.0. The fourth-order valence-corrected chi connectivity index (χ4v) is 4.03. The zero-order chi connectivity index (χ0) is 20.4. The average molecular weight is 409 g/mol. The first-order valence-electron chi connectivity index (χ1n) is 9.58. The van der Waals surface area contributed by atoms with Crippen molar-refractivity contribution >= 4 is 17.5 Å². The molecule has 2 aromatic carbocycles. The SMILES string of the molecule is COc1ccc(C2=Nn3c(COc4cc(C)ccc4C(C)C)nnc3SC2)cc1. The summed E-state index contributed by atoms with van der Waals surface area (Å²) in [6, 6.07) is 14.2. The molecule has 1 aromatic heterocycles. The van der Waals surface area contributed by atoms with E-state index in [-0.39, 0.29) is 0 Å². The van der Waals surface area contributed by atoms with Crippen molar-refractivity contribution in [2.75, 3.05) is 12.9 Å². The van der Waals surface area contributed by atoms with E-state index in [9.17, 15) is 0 Å². The molecule has 6 nitrogen and oxygen atoms in total. The lowest BCUT2D eigenvalue weighted by Crippen LogP contribution is -2.15. The molecule has 0 fully saturated rings. The van der Waals surface area contributed by atoms with Crippen molar-refractivity contribution < 1.29 is 9.47 Å². The van der Waals surface area contributed by atoms with Gasteiger partial charge >= 0.3 is 0 Å². The molecule has 3 aromatic rings. The van der Waals surface area contributed by atoms with Crippen LogP contribution in [0.3, 0.4) is 0 Å². The summed E-state index contributed by atoms with van der Waals surface area (Å²) in [5, 5.41) is 14.1. The molecule has 0 spiro atoms. The van der Waals surface area contributed by atoms with E-state index in [1.54, 1.807) is 23.5 Å². The van der Waals surface area contributed by atoms with Gasteiger partial charge in [0.2, 0.25) is 5.16 Å². The summed E-state index contributed by atoms with van der Waals surface area (Å²) < 4.78 is 13.2. The van der Waals surface area contributed by atoms with Crippen LogP contribution in [0.1, 0.15) is 42.3 Å². The van der Waals surface area contributed by atoms with Gasteiger partial charge in [-0.2, -0.15) is 9.78 Å². The second-order valence-corrected chi connectivity index (χ2v) is 8.20. The van der Waals surface area contributed by atoms with E-state index in [0.717, 1.165) is 33.7 Å². The number of aromatic nitrogens is 3. The molecule has 0 amide bonds. The minimum absolute atomic E-state index is 0.316. The summed E-state index contributed by atoms with van der Waals surface area (Å²) >= 11 is 1.63. The lowest BCUT2D eigenvalue weighted by atomic mass is 10.0. The van der Waals surface area contributed by atoms with Crippen molar-refractivity contribution in [3.8, 4) is 11.5 Å². The standard InChI is InChI=1S/C22H24N4O2S/c1-14(2)18-10-5-15(3)11-20(18)28-12-21-23-24-22-26(21)25-19(13-29-22)16-6-8-17(27-4)9-7-16/h5-11,14H,12-13H2,1-4H3. The van der Waals surface area contributed by atoms with Crippen LogP contribution in [0.5, 0.6) is 11.5 Å². The number of benzene rings is 2. The molecule has 0 N–H and O–H groups in total. The Morgan fingerprint density at radius 1 is 1.10 bits per heavy atom. The van der Waals surface area contributed by atoms with Gasteiger partial charge in [0.25, 0.3) is 0 Å². The normalized spacial score (nSPS) is 13.2. The van der Waals surface area contributed by atoms with E-state index in [1.165, 1.54) is 11.1 Å². The molecular formula is C22H24N4O2S. The van der Waals surface area contributed by atoms with Crippen molar-refractivity contribution in [1.29, 1.82) is 0 Å². The summed E-state index contributed by atoms with van der Waals surface area (Å²) in [5.41, 5.74) is 4.39. The smallest absolute Gasteiger partial charge is 0.212 e. The zero-order valence-corrected chi connectivity index (χ0v) is 17.9. The Kier molecular flexibility index (Phi) is 5.58. The van der Waals surface area contributed by atoms with Crippen molar-refractivity contribution in [3.05, 3.63) is 65.0 Å². The van der Waals surface area contributed by atoms with Crippen LogP contribution in [0, 0.1) is 6.92 Å². The topological polar surface area (TPSA) is 61.5 Å². The molecule has 1 aliphatic rings. The third-order valence-electron chi connectivity index (χ3n) is 4.81. The molecule has 1 aliphatic heterocycles. The highest BCUT2D eigenvalue weighted by molar-refractivity contribution is 7.99. The third kappa shape index (κ3) is 4.15. The van der Waals surface area contributed by atoms with Crippen LogP contribution < -0.4 is 9.47 Å². The molecule has 0 saturated carbocycles. The highest BCUT2D eigenvalue weighted by atomic mass is 32.2. The number of hydrogen-bond donors (Lipinski definition) is 0. The third-order valence-corrected chi connectivity index (χ3v) is 5.74. The lowest BCUT2D eigenvalue weighted by Gasteiger charge is -2.16. The van der Waals surface area contributed by atoms with Gasteiger partial charge in [-0.1, -0.05) is 37.7 Å². The summed E-state index contributed by atoms with van der Waals surface area (Å²) in [6.07, 6.45) is 0. The first-order chi connectivity index (χ1) is 14.0. The van der Waals surface area contributed by atoms with Gasteiger partial charge in [0.1, 0.15) is 18.1 Å². The summed E-state index contributed by atoms with van der Waals surface area (Å²) in [4.78, 5) is 0. The fraction of sp³-hybridized carbons (Fsp3) is 0.318. The molecule has 0 bridgehead atoms. The lowest BCUT2D eigenvalue weighted by molar-refractivity contribution is 0.285. The quantitative estimate of drug-likeness (QED) is 0.594.